The molecule has 0 amide bonds. The molecule has 86 valence electrons. The quantitative estimate of drug-likeness (QED) is 0.643. The van der Waals surface area contributed by atoms with Crippen molar-refractivity contribution < 1.29 is 4.74 Å². The maximum atomic E-state index is 5.16. The first kappa shape index (κ1) is 13.9. The van der Waals surface area contributed by atoms with Gasteiger partial charge in [-0.2, -0.15) is 0 Å². The number of likely N-dealkylation sites (N-methyl/N-ethyl adjacent to an activating group) is 1. The van der Waals surface area contributed by atoms with Crippen molar-refractivity contribution in [3.8, 4) is 0 Å². The molecule has 0 fully saturated rings. The molecular formula is C11H26N2O. The van der Waals surface area contributed by atoms with Crippen LogP contribution in [0.4, 0.5) is 0 Å². The van der Waals surface area contributed by atoms with E-state index in [1.165, 1.54) is 6.42 Å². The van der Waals surface area contributed by atoms with Gasteiger partial charge in [0.25, 0.3) is 0 Å². The monoisotopic (exact) mass is 202 g/mol. The average molecular weight is 202 g/mol. The van der Waals surface area contributed by atoms with Crippen LogP contribution in [0.1, 0.15) is 27.2 Å². The second-order valence-electron chi connectivity index (χ2n) is 3.91. The lowest BCUT2D eigenvalue weighted by atomic mass is 10.2. The molecule has 0 aromatic heterocycles. The average Bonchev–Trinajstić information content (AvgIpc) is 2.18. The zero-order chi connectivity index (χ0) is 11.0. The van der Waals surface area contributed by atoms with Crippen molar-refractivity contribution in [3.63, 3.8) is 0 Å². The summed E-state index contributed by atoms with van der Waals surface area (Å²) in [5, 5.41) is 3.26. The van der Waals surface area contributed by atoms with Gasteiger partial charge in [0.1, 0.15) is 0 Å². The van der Waals surface area contributed by atoms with Gasteiger partial charge in [-0.3, -0.25) is 4.90 Å². The van der Waals surface area contributed by atoms with Gasteiger partial charge in [-0.1, -0.05) is 6.92 Å². The molecule has 0 saturated carbocycles. The number of hydrogen-bond donors (Lipinski definition) is 1. The highest BCUT2D eigenvalue weighted by Crippen LogP contribution is 2.02. The highest BCUT2D eigenvalue weighted by atomic mass is 16.5. The number of methoxy groups -OCH3 is 1. The Kier molecular flexibility index (Phi) is 8.14. The van der Waals surface area contributed by atoms with E-state index in [9.17, 15) is 0 Å². The minimum absolute atomic E-state index is 0.522. The Morgan fingerprint density at radius 2 is 2.00 bits per heavy atom. The molecule has 2 atom stereocenters. The zero-order valence-corrected chi connectivity index (χ0v) is 10.3. The van der Waals surface area contributed by atoms with Gasteiger partial charge < -0.3 is 10.1 Å². The molecule has 14 heavy (non-hydrogen) atoms. The Morgan fingerprint density at radius 3 is 2.43 bits per heavy atom. The number of ether oxygens (including phenoxy) is 1. The fourth-order valence-corrected chi connectivity index (χ4v) is 1.54. The first-order chi connectivity index (χ1) is 6.65. The van der Waals surface area contributed by atoms with Gasteiger partial charge in [0.05, 0.1) is 6.61 Å². The van der Waals surface area contributed by atoms with E-state index in [0.29, 0.717) is 12.1 Å². The molecule has 0 bridgehead atoms. The van der Waals surface area contributed by atoms with Crippen LogP contribution in [-0.4, -0.2) is 50.8 Å². The topological polar surface area (TPSA) is 24.5 Å². The SMILES string of the molecule is CCN(CCC(C)NC)C(C)COC. The van der Waals surface area contributed by atoms with Crippen molar-refractivity contribution >= 4 is 0 Å². The third-order valence-electron chi connectivity index (χ3n) is 2.78. The van der Waals surface area contributed by atoms with Crippen LogP contribution in [0.15, 0.2) is 0 Å². The molecule has 0 radical (unpaired) electrons. The van der Waals surface area contributed by atoms with Crippen molar-refractivity contribution in [1.82, 2.24) is 10.2 Å². The first-order valence-corrected chi connectivity index (χ1v) is 5.55. The van der Waals surface area contributed by atoms with Crippen LogP contribution < -0.4 is 5.32 Å². The normalized spacial score (nSPS) is 15.9. The molecule has 0 heterocycles. The van der Waals surface area contributed by atoms with Crippen LogP contribution in [0.2, 0.25) is 0 Å². The van der Waals surface area contributed by atoms with Gasteiger partial charge in [0.2, 0.25) is 0 Å². The second kappa shape index (κ2) is 8.21. The summed E-state index contributed by atoms with van der Waals surface area (Å²) < 4.78 is 5.16. The Hall–Kier alpha value is -0.120. The summed E-state index contributed by atoms with van der Waals surface area (Å²) in [7, 11) is 3.78. The molecule has 0 aromatic rings. The number of hydrogen-bond acceptors (Lipinski definition) is 3. The van der Waals surface area contributed by atoms with Crippen LogP contribution in [-0.2, 0) is 4.74 Å². The largest absolute Gasteiger partial charge is 0.383 e. The predicted octanol–water partition coefficient (Wildman–Crippen LogP) is 1.34. The van der Waals surface area contributed by atoms with Crippen molar-refractivity contribution in [2.75, 3.05) is 33.9 Å². The summed E-state index contributed by atoms with van der Waals surface area (Å²) >= 11 is 0. The smallest absolute Gasteiger partial charge is 0.0615 e. The third kappa shape index (κ3) is 5.58. The lowest BCUT2D eigenvalue weighted by Gasteiger charge is -2.28. The van der Waals surface area contributed by atoms with Crippen LogP contribution >= 0.6 is 0 Å². The molecule has 3 heteroatoms. The number of nitrogens with zero attached hydrogens (tertiary/aromatic N) is 1. The Balaban J connectivity index is 3.77. The van der Waals surface area contributed by atoms with Crippen molar-refractivity contribution in [1.29, 1.82) is 0 Å². The van der Waals surface area contributed by atoms with E-state index in [1.54, 1.807) is 7.11 Å². The van der Waals surface area contributed by atoms with Crippen molar-refractivity contribution in [3.05, 3.63) is 0 Å². The van der Waals surface area contributed by atoms with E-state index in [2.05, 4.69) is 31.0 Å². The molecule has 0 spiro atoms. The van der Waals surface area contributed by atoms with Gasteiger partial charge in [-0.15, -0.1) is 0 Å². The zero-order valence-electron chi connectivity index (χ0n) is 10.3. The molecule has 1 N–H and O–H groups in total. The number of rotatable bonds is 8. The Labute approximate surface area is 88.8 Å². The summed E-state index contributed by atoms with van der Waals surface area (Å²) in [6, 6.07) is 1.12. The van der Waals surface area contributed by atoms with Crippen LogP contribution in [0.25, 0.3) is 0 Å². The van der Waals surface area contributed by atoms with Gasteiger partial charge in [-0.05, 0) is 40.4 Å². The van der Waals surface area contributed by atoms with E-state index < -0.39 is 0 Å². The summed E-state index contributed by atoms with van der Waals surface area (Å²) in [6.07, 6.45) is 1.19. The van der Waals surface area contributed by atoms with E-state index in [1.807, 2.05) is 7.05 Å². The molecule has 0 saturated heterocycles. The summed E-state index contributed by atoms with van der Waals surface area (Å²) in [5.74, 6) is 0. The number of nitrogens with one attached hydrogen (secondary N) is 1. The lowest BCUT2D eigenvalue weighted by molar-refractivity contribution is 0.100. The van der Waals surface area contributed by atoms with Gasteiger partial charge in [0.15, 0.2) is 0 Å². The van der Waals surface area contributed by atoms with Crippen molar-refractivity contribution in [2.24, 2.45) is 0 Å². The van der Waals surface area contributed by atoms with Gasteiger partial charge >= 0.3 is 0 Å². The fourth-order valence-electron chi connectivity index (χ4n) is 1.54. The minimum atomic E-state index is 0.522. The molecular weight excluding hydrogens is 176 g/mol. The van der Waals surface area contributed by atoms with E-state index in [-0.39, 0.29) is 0 Å². The van der Waals surface area contributed by atoms with Crippen LogP contribution in [0.5, 0.6) is 0 Å². The molecule has 0 aromatic carbocycles. The lowest BCUT2D eigenvalue weighted by Crippen LogP contribution is -2.39. The van der Waals surface area contributed by atoms with E-state index in [0.717, 1.165) is 19.7 Å². The molecule has 0 rings (SSSR count). The minimum Gasteiger partial charge on any atom is -0.383 e. The maximum Gasteiger partial charge on any atom is 0.0615 e. The molecule has 0 aliphatic carbocycles. The van der Waals surface area contributed by atoms with Crippen LogP contribution in [0, 0.1) is 0 Å². The van der Waals surface area contributed by atoms with E-state index in [4.69, 9.17) is 4.74 Å². The maximum absolute atomic E-state index is 5.16. The highest BCUT2D eigenvalue weighted by Gasteiger charge is 2.12. The highest BCUT2D eigenvalue weighted by molar-refractivity contribution is 4.68. The predicted molar refractivity (Wildman–Crippen MR) is 61.7 cm³/mol. The van der Waals surface area contributed by atoms with Crippen LogP contribution in [0.3, 0.4) is 0 Å². The molecule has 2 unspecified atom stereocenters. The fraction of sp³-hybridized carbons (Fsp3) is 1.00. The first-order valence-electron chi connectivity index (χ1n) is 5.55. The second-order valence-corrected chi connectivity index (χ2v) is 3.91. The summed E-state index contributed by atoms with van der Waals surface area (Å²) in [6.45, 7) is 9.70. The molecule has 0 aliphatic heterocycles. The van der Waals surface area contributed by atoms with E-state index >= 15 is 0 Å². The Morgan fingerprint density at radius 1 is 1.36 bits per heavy atom. The Bertz CT molecular complexity index is 130. The van der Waals surface area contributed by atoms with Gasteiger partial charge in [-0.25, -0.2) is 0 Å². The van der Waals surface area contributed by atoms with Crippen molar-refractivity contribution in [2.45, 2.75) is 39.3 Å². The molecule has 3 nitrogen and oxygen atoms in total. The standard InChI is InChI=1S/C11H26N2O/c1-6-13(11(3)9-14-5)8-7-10(2)12-4/h10-12H,6-9H2,1-5H3. The summed E-state index contributed by atoms with van der Waals surface area (Å²) in [5.41, 5.74) is 0. The van der Waals surface area contributed by atoms with Gasteiger partial charge in [0, 0.05) is 19.2 Å². The molecule has 0 aliphatic rings. The third-order valence-corrected chi connectivity index (χ3v) is 2.78. The summed E-state index contributed by atoms with van der Waals surface area (Å²) in [4.78, 5) is 2.46.